The predicted octanol–water partition coefficient (Wildman–Crippen LogP) is 2.50. The zero-order valence-electron chi connectivity index (χ0n) is 12.9. The number of nitrogens with zero attached hydrogens (tertiary/aromatic N) is 4. The summed E-state index contributed by atoms with van der Waals surface area (Å²) in [7, 11) is 1.55. The number of hydrogen-bond acceptors (Lipinski definition) is 6. The minimum Gasteiger partial charge on any atom is -0.493 e. The Bertz CT molecular complexity index is 820. The molecule has 3 rings (SSSR count). The molecule has 124 valence electrons. The first kappa shape index (κ1) is 16.4. The maximum atomic E-state index is 9.18. The zero-order valence-corrected chi connectivity index (χ0v) is 14.5. The molecule has 0 saturated carbocycles. The first-order valence-corrected chi connectivity index (χ1v) is 7.94. The van der Waals surface area contributed by atoms with Gasteiger partial charge < -0.3 is 14.6 Å². The number of hydrogen-bond donors (Lipinski definition) is 1. The van der Waals surface area contributed by atoms with Gasteiger partial charge in [0.2, 0.25) is 0 Å². The van der Waals surface area contributed by atoms with E-state index in [1.807, 2.05) is 24.3 Å². The van der Waals surface area contributed by atoms with Gasteiger partial charge in [-0.15, -0.1) is 5.10 Å². The van der Waals surface area contributed by atoms with Crippen LogP contribution in [0.3, 0.4) is 0 Å². The van der Waals surface area contributed by atoms with E-state index in [1.54, 1.807) is 30.0 Å². The maximum Gasteiger partial charge on any atom is 0.194 e. The molecule has 7 nitrogen and oxygen atoms in total. The maximum absolute atomic E-state index is 9.18. The van der Waals surface area contributed by atoms with Gasteiger partial charge in [-0.05, 0) is 52.4 Å². The highest BCUT2D eigenvalue weighted by Crippen LogP contribution is 2.28. The van der Waals surface area contributed by atoms with E-state index in [4.69, 9.17) is 9.47 Å². The molecule has 0 aliphatic heterocycles. The molecule has 1 heterocycles. The van der Waals surface area contributed by atoms with Gasteiger partial charge in [-0.2, -0.15) is 4.68 Å². The number of halogens is 1. The smallest absolute Gasteiger partial charge is 0.194 e. The second-order valence-electron chi connectivity index (χ2n) is 4.92. The van der Waals surface area contributed by atoms with Crippen LogP contribution in [0.5, 0.6) is 11.5 Å². The van der Waals surface area contributed by atoms with Crippen molar-refractivity contribution in [3.63, 3.8) is 0 Å². The quantitative estimate of drug-likeness (QED) is 0.696. The minimum atomic E-state index is -0.0571. The average molecular weight is 391 g/mol. The second kappa shape index (κ2) is 7.41. The second-order valence-corrected chi connectivity index (χ2v) is 5.83. The molecule has 1 N–H and O–H groups in total. The van der Waals surface area contributed by atoms with Gasteiger partial charge in [0, 0.05) is 4.47 Å². The molecule has 0 bridgehead atoms. The first-order chi connectivity index (χ1) is 11.7. The number of aliphatic hydroxyl groups excluding tert-OH is 1. The number of aromatic nitrogens is 4. The predicted molar refractivity (Wildman–Crippen MR) is 90.1 cm³/mol. The van der Waals surface area contributed by atoms with E-state index in [1.165, 1.54) is 0 Å². The van der Waals surface area contributed by atoms with Crippen LogP contribution in [0.25, 0.3) is 5.69 Å². The lowest BCUT2D eigenvalue weighted by Crippen LogP contribution is -2.07. The Balaban J connectivity index is 1.79. The summed E-state index contributed by atoms with van der Waals surface area (Å²) in [5, 5.41) is 20.9. The van der Waals surface area contributed by atoms with Crippen LogP contribution in [0.2, 0.25) is 0 Å². The van der Waals surface area contributed by atoms with Crippen molar-refractivity contribution in [3.05, 3.63) is 58.3 Å². The fourth-order valence-electron chi connectivity index (χ4n) is 2.15. The molecule has 0 aliphatic carbocycles. The van der Waals surface area contributed by atoms with E-state index in [9.17, 15) is 5.11 Å². The highest BCUT2D eigenvalue weighted by atomic mass is 79.9. The van der Waals surface area contributed by atoms with Crippen LogP contribution in [0.15, 0.2) is 46.9 Å². The van der Waals surface area contributed by atoms with Crippen molar-refractivity contribution in [3.8, 4) is 17.2 Å². The lowest BCUT2D eigenvalue weighted by molar-refractivity contribution is 0.268. The standard InChI is InChI=1S/C16H15BrN4O3/c1-23-15-8-11(9-22)2-7-14(15)24-10-16-18-19-20-21(16)13-5-3-12(17)4-6-13/h2-8,22H,9-10H2,1H3. The van der Waals surface area contributed by atoms with Crippen LogP contribution in [0, 0.1) is 0 Å². The molecule has 0 atom stereocenters. The lowest BCUT2D eigenvalue weighted by Gasteiger charge is -2.11. The van der Waals surface area contributed by atoms with E-state index in [-0.39, 0.29) is 13.2 Å². The fourth-order valence-corrected chi connectivity index (χ4v) is 2.41. The first-order valence-electron chi connectivity index (χ1n) is 7.15. The number of aliphatic hydroxyl groups is 1. The molecule has 0 spiro atoms. The lowest BCUT2D eigenvalue weighted by atomic mass is 10.2. The van der Waals surface area contributed by atoms with Gasteiger partial charge in [0.05, 0.1) is 19.4 Å². The van der Waals surface area contributed by atoms with Crippen LogP contribution >= 0.6 is 15.9 Å². The monoisotopic (exact) mass is 390 g/mol. The molecular formula is C16H15BrN4O3. The fraction of sp³-hybridized carbons (Fsp3) is 0.188. The van der Waals surface area contributed by atoms with Crippen LogP contribution < -0.4 is 9.47 Å². The van der Waals surface area contributed by atoms with Crippen LogP contribution in [-0.4, -0.2) is 32.4 Å². The summed E-state index contributed by atoms with van der Waals surface area (Å²) in [6, 6.07) is 12.9. The summed E-state index contributed by atoms with van der Waals surface area (Å²) in [6.07, 6.45) is 0. The summed E-state index contributed by atoms with van der Waals surface area (Å²) >= 11 is 3.40. The SMILES string of the molecule is COc1cc(CO)ccc1OCc1nnnn1-c1ccc(Br)cc1. The van der Waals surface area contributed by atoms with Gasteiger partial charge >= 0.3 is 0 Å². The topological polar surface area (TPSA) is 82.3 Å². The molecule has 0 unspecified atom stereocenters. The Morgan fingerprint density at radius 1 is 1.12 bits per heavy atom. The Morgan fingerprint density at radius 3 is 2.62 bits per heavy atom. The number of rotatable bonds is 6. The van der Waals surface area contributed by atoms with E-state index >= 15 is 0 Å². The van der Waals surface area contributed by atoms with Crippen LogP contribution in [0.1, 0.15) is 11.4 Å². The summed E-state index contributed by atoms with van der Waals surface area (Å²) in [5.74, 6) is 1.66. The van der Waals surface area contributed by atoms with E-state index in [0.717, 1.165) is 15.7 Å². The molecule has 3 aromatic rings. The summed E-state index contributed by atoms with van der Waals surface area (Å²) in [6.45, 7) is 0.121. The van der Waals surface area contributed by atoms with Crippen molar-refractivity contribution in [2.75, 3.05) is 7.11 Å². The van der Waals surface area contributed by atoms with Gasteiger partial charge in [-0.3, -0.25) is 0 Å². The molecule has 0 aliphatic rings. The highest BCUT2D eigenvalue weighted by Gasteiger charge is 2.11. The third kappa shape index (κ3) is 3.55. The van der Waals surface area contributed by atoms with Gasteiger partial charge in [0.1, 0.15) is 0 Å². The molecule has 0 amide bonds. The third-order valence-electron chi connectivity index (χ3n) is 3.37. The van der Waals surface area contributed by atoms with E-state index in [0.29, 0.717) is 17.3 Å². The number of ether oxygens (including phenoxy) is 2. The van der Waals surface area contributed by atoms with Crippen molar-refractivity contribution in [2.45, 2.75) is 13.2 Å². The van der Waals surface area contributed by atoms with Gasteiger partial charge in [-0.25, -0.2) is 0 Å². The van der Waals surface area contributed by atoms with E-state index in [2.05, 4.69) is 31.5 Å². The van der Waals surface area contributed by atoms with Crippen molar-refractivity contribution in [1.82, 2.24) is 20.2 Å². The minimum absolute atomic E-state index is 0.0571. The molecule has 24 heavy (non-hydrogen) atoms. The Kier molecular flexibility index (Phi) is 5.07. The van der Waals surface area contributed by atoms with Crippen molar-refractivity contribution in [1.29, 1.82) is 0 Å². The normalized spacial score (nSPS) is 10.6. The Morgan fingerprint density at radius 2 is 1.92 bits per heavy atom. The van der Waals surface area contributed by atoms with Gasteiger partial charge in [0.25, 0.3) is 0 Å². The molecule has 1 aromatic heterocycles. The highest BCUT2D eigenvalue weighted by molar-refractivity contribution is 9.10. The third-order valence-corrected chi connectivity index (χ3v) is 3.90. The van der Waals surface area contributed by atoms with Crippen molar-refractivity contribution < 1.29 is 14.6 Å². The van der Waals surface area contributed by atoms with Gasteiger partial charge in [-0.1, -0.05) is 22.0 Å². The number of tetrazole rings is 1. The number of methoxy groups -OCH3 is 1. The summed E-state index contributed by atoms with van der Waals surface area (Å²) in [4.78, 5) is 0. The Labute approximate surface area is 147 Å². The van der Waals surface area contributed by atoms with E-state index < -0.39 is 0 Å². The van der Waals surface area contributed by atoms with Crippen LogP contribution in [-0.2, 0) is 13.2 Å². The molecule has 0 saturated heterocycles. The number of benzene rings is 2. The largest absolute Gasteiger partial charge is 0.493 e. The van der Waals surface area contributed by atoms with Crippen molar-refractivity contribution >= 4 is 15.9 Å². The molecular weight excluding hydrogens is 376 g/mol. The molecule has 0 radical (unpaired) electrons. The van der Waals surface area contributed by atoms with Crippen molar-refractivity contribution in [2.24, 2.45) is 0 Å². The average Bonchev–Trinajstić information content (AvgIpc) is 3.09. The molecule has 8 heteroatoms. The Hall–Kier alpha value is -2.45. The summed E-state index contributed by atoms with van der Waals surface area (Å²) in [5.41, 5.74) is 1.59. The van der Waals surface area contributed by atoms with Gasteiger partial charge in [0.15, 0.2) is 23.9 Å². The van der Waals surface area contributed by atoms with Crippen LogP contribution in [0.4, 0.5) is 0 Å². The molecule has 2 aromatic carbocycles. The molecule has 0 fully saturated rings. The summed E-state index contributed by atoms with van der Waals surface area (Å²) < 4.78 is 13.7. The zero-order chi connectivity index (χ0) is 16.9.